The molecule has 0 fully saturated rings. The summed E-state index contributed by atoms with van der Waals surface area (Å²) in [4.78, 5) is 0. The third-order valence-corrected chi connectivity index (χ3v) is 2.37. The highest BCUT2D eigenvalue weighted by atomic mass is 79.9. The first-order valence-electron chi connectivity index (χ1n) is 3.77. The van der Waals surface area contributed by atoms with Gasteiger partial charge in [0.25, 0.3) is 0 Å². The molecule has 0 bridgehead atoms. The van der Waals surface area contributed by atoms with Gasteiger partial charge in [0.2, 0.25) is 0 Å². The summed E-state index contributed by atoms with van der Waals surface area (Å²) in [6.45, 7) is -0.116. The van der Waals surface area contributed by atoms with Crippen molar-refractivity contribution in [2.75, 3.05) is 13.7 Å². The van der Waals surface area contributed by atoms with Gasteiger partial charge in [-0.1, -0.05) is 6.07 Å². The molecule has 0 aliphatic carbocycles. The molecule has 1 aromatic carbocycles. The zero-order valence-electron chi connectivity index (χ0n) is 7.13. The van der Waals surface area contributed by atoms with Gasteiger partial charge in [0, 0.05) is 7.11 Å². The Labute approximate surface area is 84.5 Å². The minimum Gasteiger partial charge on any atom is -0.393 e. The van der Waals surface area contributed by atoms with Crippen molar-refractivity contribution in [2.24, 2.45) is 0 Å². The van der Waals surface area contributed by atoms with Crippen LogP contribution in [0.2, 0.25) is 0 Å². The second-order valence-corrected chi connectivity index (χ2v) is 3.43. The number of aliphatic hydroxyl groups is 1. The second-order valence-electron chi connectivity index (χ2n) is 2.58. The maximum Gasteiger partial charge on any atom is 0.137 e. The lowest BCUT2D eigenvalue weighted by Gasteiger charge is -2.12. The number of ether oxygens (including phenoxy) is 1. The first-order chi connectivity index (χ1) is 6.19. The predicted octanol–water partition coefficient (Wildman–Crippen LogP) is 2.27. The van der Waals surface area contributed by atoms with Crippen molar-refractivity contribution >= 4 is 15.9 Å². The van der Waals surface area contributed by atoms with Crippen LogP contribution in [0.15, 0.2) is 22.7 Å². The van der Waals surface area contributed by atoms with Gasteiger partial charge in [-0.3, -0.25) is 0 Å². The quantitative estimate of drug-likeness (QED) is 0.890. The van der Waals surface area contributed by atoms with Crippen molar-refractivity contribution in [3.8, 4) is 0 Å². The van der Waals surface area contributed by atoms with Crippen LogP contribution in [-0.2, 0) is 4.74 Å². The van der Waals surface area contributed by atoms with E-state index >= 15 is 0 Å². The van der Waals surface area contributed by atoms with E-state index in [0.717, 1.165) is 5.56 Å². The highest BCUT2D eigenvalue weighted by Crippen LogP contribution is 2.22. The number of methoxy groups -OCH3 is 1. The second kappa shape index (κ2) is 4.69. The minimum atomic E-state index is -0.392. The molecule has 0 heterocycles. The van der Waals surface area contributed by atoms with Gasteiger partial charge in [0.15, 0.2) is 0 Å². The lowest BCUT2D eigenvalue weighted by atomic mass is 10.1. The van der Waals surface area contributed by atoms with Crippen molar-refractivity contribution in [2.45, 2.75) is 6.10 Å². The van der Waals surface area contributed by atoms with Gasteiger partial charge in [-0.2, -0.15) is 0 Å². The van der Waals surface area contributed by atoms with Crippen molar-refractivity contribution < 1.29 is 14.2 Å². The molecule has 13 heavy (non-hydrogen) atoms. The Kier molecular flexibility index (Phi) is 3.84. The van der Waals surface area contributed by atoms with Crippen molar-refractivity contribution in [3.63, 3.8) is 0 Å². The molecule has 1 rings (SSSR count). The molecule has 4 heteroatoms. The fourth-order valence-corrected chi connectivity index (χ4v) is 1.43. The Bertz CT molecular complexity index is 287. The van der Waals surface area contributed by atoms with Crippen LogP contribution in [0, 0.1) is 5.82 Å². The Hall–Kier alpha value is -0.450. The lowest BCUT2D eigenvalue weighted by molar-refractivity contribution is 0.0483. The van der Waals surface area contributed by atoms with Gasteiger partial charge < -0.3 is 9.84 Å². The molecule has 72 valence electrons. The van der Waals surface area contributed by atoms with Gasteiger partial charge in [0.05, 0.1) is 11.1 Å². The molecule has 1 N–H and O–H groups in total. The summed E-state index contributed by atoms with van der Waals surface area (Å²) in [5.41, 5.74) is 0.748. The lowest BCUT2D eigenvalue weighted by Crippen LogP contribution is -2.06. The molecular formula is C9H10BrFO2. The van der Waals surface area contributed by atoms with Crippen molar-refractivity contribution in [1.82, 2.24) is 0 Å². The van der Waals surface area contributed by atoms with E-state index in [9.17, 15) is 4.39 Å². The molecule has 1 unspecified atom stereocenters. The largest absolute Gasteiger partial charge is 0.393 e. The monoisotopic (exact) mass is 248 g/mol. The number of benzene rings is 1. The third kappa shape index (κ3) is 2.49. The van der Waals surface area contributed by atoms with E-state index in [1.807, 2.05) is 0 Å². The van der Waals surface area contributed by atoms with Crippen LogP contribution in [0.1, 0.15) is 11.7 Å². The third-order valence-electron chi connectivity index (χ3n) is 1.77. The van der Waals surface area contributed by atoms with E-state index in [4.69, 9.17) is 9.84 Å². The number of rotatable bonds is 3. The topological polar surface area (TPSA) is 29.5 Å². The fraction of sp³-hybridized carbons (Fsp3) is 0.333. The molecule has 0 saturated heterocycles. The molecule has 1 atom stereocenters. The molecule has 0 aliphatic rings. The summed E-state index contributed by atoms with van der Waals surface area (Å²) in [5.74, 6) is -0.323. The molecular weight excluding hydrogens is 239 g/mol. The van der Waals surface area contributed by atoms with E-state index in [2.05, 4.69) is 15.9 Å². The van der Waals surface area contributed by atoms with Gasteiger partial charge in [-0.05, 0) is 33.6 Å². The Morgan fingerprint density at radius 1 is 1.62 bits per heavy atom. The van der Waals surface area contributed by atoms with E-state index in [0.29, 0.717) is 4.47 Å². The summed E-state index contributed by atoms with van der Waals surface area (Å²) in [6, 6.07) is 4.52. The Morgan fingerprint density at radius 3 is 2.77 bits per heavy atom. The number of halogens is 2. The molecule has 0 amide bonds. The predicted molar refractivity (Wildman–Crippen MR) is 50.9 cm³/mol. The summed E-state index contributed by atoms with van der Waals surface area (Å²) in [5, 5.41) is 8.91. The van der Waals surface area contributed by atoms with E-state index < -0.39 is 6.10 Å². The molecule has 0 spiro atoms. The minimum absolute atomic E-state index is 0.116. The zero-order valence-corrected chi connectivity index (χ0v) is 8.71. The molecule has 0 radical (unpaired) electrons. The number of hydrogen-bond acceptors (Lipinski definition) is 2. The normalized spacial score (nSPS) is 12.9. The number of hydrogen-bond donors (Lipinski definition) is 1. The number of aliphatic hydroxyl groups excluding tert-OH is 1. The van der Waals surface area contributed by atoms with Gasteiger partial charge in [0.1, 0.15) is 11.9 Å². The summed E-state index contributed by atoms with van der Waals surface area (Å²) in [7, 11) is 1.50. The highest BCUT2D eigenvalue weighted by Gasteiger charge is 2.10. The summed E-state index contributed by atoms with van der Waals surface area (Å²) < 4.78 is 18.2. The van der Waals surface area contributed by atoms with Crippen LogP contribution >= 0.6 is 15.9 Å². The van der Waals surface area contributed by atoms with E-state index in [1.54, 1.807) is 12.1 Å². The molecule has 0 saturated carbocycles. The molecule has 2 nitrogen and oxygen atoms in total. The first kappa shape index (κ1) is 10.6. The zero-order chi connectivity index (χ0) is 9.84. The Morgan fingerprint density at radius 2 is 2.31 bits per heavy atom. The van der Waals surface area contributed by atoms with Crippen LogP contribution in [0.3, 0.4) is 0 Å². The van der Waals surface area contributed by atoms with Crippen LogP contribution in [0.5, 0.6) is 0 Å². The molecule has 1 aromatic rings. The highest BCUT2D eigenvalue weighted by molar-refractivity contribution is 9.10. The maximum atomic E-state index is 12.8. The smallest absolute Gasteiger partial charge is 0.137 e. The van der Waals surface area contributed by atoms with Crippen molar-refractivity contribution in [3.05, 3.63) is 34.1 Å². The van der Waals surface area contributed by atoms with E-state index in [1.165, 1.54) is 13.2 Å². The average molecular weight is 249 g/mol. The SMILES string of the molecule is COC(CO)c1ccc(F)c(Br)c1. The van der Waals surface area contributed by atoms with Crippen LogP contribution < -0.4 is 0 Å². The molecule has 0 aliphatic heterocycles. The molecule has 0 aromatic heterocycles. The summed E-state index contributed by atoms with van der Waals surface area (Å²) >= 11 is 3.06. The van der Waals surface area contributed by atoms with E-state index in [-0.39, 0.29) is 12.4 Å². The van der Waals surface area contributed by atoms with Crippen molar-refractivity contribution in [1.29, 1.82) is 0 Å². The van der Waals surface area contributed by atoms with Crippen LogP contribution in [-0.4, -0.2) is 18.8 Å². The fourth-order valence-electron chi connectivity index (χ4n) is 1.03. The first-order valence-corrected chi connectivity index (χ1v) is 4.57. The van der Waals surface area contributed by atoms with Gasteiger partial charge in [-0.25, -0.2) is 4.39 Å². The standard InChI is InChI=1S/C9H10BrFO2/c1-13-9(5-12)6-2-3-8(11)7(10)4-6/h2-4,9,12H,5H2,1H3. The van der Waals surface area contributed by atoms with Gasteiger partial charge in [-0.15, -0.1) is 0 Å². The summed E-state index contributed by atoms with van der Waals surface area (Å²) in [6.07, 6.45) is -0.392. The van der Waals surface area contributed by atoms with Crippen LogP contribution in [0.25, 0.3) is 0 Å². The Balaban J connectivity index is 2.95. The average Bonchev–Trinajstić information content (AvgIpc) is 2.13. The van der Waals surface area contributed by atoms with Gasteiger partial charge >= 0.3 is 0 Å². The van der Waals surface area contributed by atoms with Crippen LogP contribution in [0.4, 0.5) is 4.39 Å². The maximum absolute atomic E-state index is 12.8.